The molecule has 1 saturated heterocycles. The Morgan fingerprint density at radius 3 is 2.92 bits per heavy atom. The van der Waals surface area contributed by atoms with Gasteiger partial charge in [0.25, 0.3) is 0 Å². The van der Waals surface area contributed by atoms with Crippen LogP contribution in [0.4, 0.5) is 0 Å². The number of halogens is 2. The molecule has 0 radical (unpaired) electrons. The van der Waals surface area contributed by atoms with Crippen LogP contribution in [0, 0.1) is 0 Å². The van der Waals surface area contributed by atoms with E-state index in [0.717, 1.165) is 31.0 Å². The summed E-state index contributed by atoms with van der Waals surface area (Å²) in [6.45, 7) is 5.79. The summed E-state index contributed by atoms with van der Waals surface area (Å²) < 4.78 is 11.1. The first-order valence-corrected chi connectivity index (χ1v) is 8.34. The van der Waals surface area contributed by atoms with E-state index in [1.54, 1.807) is 0 Å². The molecule has 1 aromatic carbocycles. The van der Waals surface area contributed by atoms with E-state index in [4.69, 9.17) is 21.1 Å². The number of β-amino-alcohol motifs (C(OH)–C–C–N with tert-alkyl or cyclic N) is 1. The predicted molar refractivity (Wildman–Crippen MR) is 105 cm³/mol. The maximum absolute atomic E-state index is 9.70. The highest BCUT2D eigenvalue weighted by atomic mass is 127. The smallest absolute Gasteiger partial charge is 0.194 e. The fourth-order valence-corrected chi connectivity index (χ4v) is 3.07. The van der Waals surface area contributed by atoms with E-state index in [-0.39, 0.29) is 30.1 Å². The number of aliphatic imine (C=N–C) groups is 1. The van der Waals surface area contributed by atoms with Crippen molar-refractivity contribution in [3.05, 3.63) is 22.7 Å². The second-order valence-corrected chi connectivity index (χ2v) is 6.07. The van der Waals surface area contributed by atoms with Crippen molar-refractivity contribution >= 4 is 41.5 Å². The number of guanidine groups is 1. The van der Waals surface area contributed by atoms with Gasteiger partial charge in [-0.25, -0.2) is 4.99 Å². The molecule has 2 heterocycles. The molecule has 134 valence electrons. The standard InChI is InChI=1S/C16H22ClN3O3.HI/c1-2-18-16(20-4-3-12(21)10-20)19-9-11-7-13(17)15-14(8-11)22-5-6-23-15;/h7-8,12,21H,2-6,9-10H2,1H3,(H,18,19);1H/t12-;/m1./s1. The van der Waals surface area contributed by atoms with Crippen LogP contribution in [0.3, 0.4) is 0 Å². The molecule has 0 saturated carbocycles. The van der Waals surface area contributed by atoms with E-state index >= 15 is 0 Å². The number of aliphatic hydroxyl groups is 1. The summed E-state index contributed by atoms with van der Waals surface area (Å²) in [6.07, 6.45) is 0.503. The van der Waals surface area contributed by atoms with Gasteiger partial charge in [0.05, 0.1) is 17.7 Å². The molecule has 1 atom stereocenters. The highest BCUT2D eigenvalue weighted by molar-refractivity contribution is 14.0. The molecule has 2 aliphatic rings. The average Bonchev–Trinajstić information content (AvgIpc) is 2.98. The van der Waals surface area contributed by atoms with Gasteiger partial charge in [-0.2, -0.15) is 0 Å². The molecule has 0 aliphatic carbocycles. The topological polar surface area (TPSA) is 66.3 Å². The van der Waals surface area contributed by atoms with Crippen molar-refractivity contribution in [1.82, 2.24) is 10.2 Å². The highest BCUT2D eigenvalue weighted by Gasteiger charge is 2.23. The first kappa shape index (κ1) is 19.4. The Bertz CT molecular complexity index is 600. The lowest BCUT2D eigenvalue weighted by atomic mass is 10.2. The third kappa shape index (κ3) is 4.58. The summed E-state index contributed by atoms with van der Waals surface area (Å²) >= 11 is 6.26. The number of hydrogen-bond donors (Lipinski definition) is 2. The molecule has 0 spiro atoms. The van der Waals surface area contributed by atoms with E-state index in [1.807, 2.05) is 19.1 Å². The van der Waals surface area contributed by atoms with Gasteiger partial charge in [0.2, 0.25) is 0 Å². The van der Waals surface area contributed by atoms with Crippen molar-refractivity contribution < 1.29 is 14.6 Å². The largest absolute Gasteiger partial charge is 0.486 e. The van der Waals surface area contributed by atoms with Crippen LogP contribution in [0.25, 0.3) is 0 Å². The Kier molecular flexibility index (Phi) is 7.24. The van der Waals surface area contributed by atoms with Gasteiger partial charge < -0.3 is 24.8 Å². The minimum Gasteiger partial charge on any atom is -0.486 e. The Morgan fingerprint density at radius 1 is 1.42 bits per heavy atom. The second kappa shape index (κ2) is 8.96. The lowest BCUT2D eigenvalue weighted by Gasteiger charge is -2.22. The van der Waals surface area contributed by atoms with Crippen LogP contribution in [-0.2, 0) is 6.54 Å². The first-order chi connectivity index (χ1) is 11.2. The summed E-state index contributed by atoms with van der Waals surface area (Å²) in [4.78, 5) is 6.73. The average molecular weight is 468 g/mol. The molecule has 8 heteroatoms. The molecule has 1 aromatic rings. The zero-order valence-corrected chi connectivity index (χ0v) is 16.7. The summed E-state index contributed by atoms with van der Waals surface area (Å²) in [6, 6.07) is 3.78. The highest BCUT2D eigenvalue weighted by Crippen LogP contribution is 2.38. The van der Waals surface area contributed by atoms with E-state index in [0.29, 0.717) is 42.8 Å². The third-order valence-corrected chi connectivity index (χ3v) is 4.15. The van der Waals surface area contributed by atoms with Crippen molar-refractivity contribution in [2.24, 2.45) is 4.99 Å². The van der Waals surface area contributed by atoms with Gasteiger partial charge in [0.15, 0.2) is 17.5 Å². The van der Waals surface area contributed by atoms with Gasteiger partial charge in [0, 0.05) is 19.6 Å². The number of ether oxygens (including phenoxy) is 2. The van der Waals surface area contributed by atoms with Crippen LogP contribution in [0.1, 0.15) is 18.9 Å². The van der Waals surface area contributed by atoms with Crippen LogP contribution in [0.15, 0.2) is 17.1 Å². The number of nitrogens with one attached hydrogen (secondary N) is 1. The minimum atomic E-state index is -0.275. The van der Waals surface area contributed by atoms with Crippen LogP contribution in [0.2, 0.25) is 5.02 Å². The fourth-order valence-electron chi connectivity index (χ4n) is 2.78. The van der Waals surface area contributed by atoms with Crippen molar-refractivity contribution in [3.63, 3.8) is 0 Å². The lowest BCUT2D eigenvalue weighted by Crippen LogP contribution is -2.40. The lowest BCUT2D eigenvalue weighted by molar-refractivity contribution is 0.171. The quantitative estimate of drug-likeness (QED) is 0.406. The van der Waals surface area contributed by atoms with Crippen LogP contribution in [0.5, 0.6) is 11.5 Å². The van der Waals surface area contributed by atoms with Crippen LogP contribution >= 0.6 is 35.6 Å². The number of likely N-dealkylation sites (tertiary alicyclic amines) is 1. The van der Waals surface area contributed by atoms with Crippen molar-refractivity contribution in [2.75, 3.05) is 32.8 Å². The van der Waals surface area contributed by atoms with Gasteiger partial charge in [-0.3, -0.25) is 0 Å². The summed E-state index contributed by atoms with van der Waals surface area (Å²) in [5, 5.41) is 13.5. The molecule has 6 nitrogen and oxygen atoms in total. The van der Waals surface area contributed by atoms with E-state index in [1.165, 1.54) is 0 Å². The molecule has 0 unspecified atom stereocenters. The molecule has 2 N–H and O–H groups in total. The number of nitrogens with zero attached hydrogens (tertiary/aromatic N) is 2. The van der Waals surface area contributed by atoms with E-state index < -0.39 is 0 Å². The van der Waals surface area contributed by atoms with Crippen LogP contribution in [-0.4, -0.2) is 54.9 Å². The van der Waals surface area contributed by atoms with Crippen LogP contribution < -0.4 is 14.8 Å². The predicted octanol–water partition coefficient (Wildman–Crippen LogP) is 2.26. The Hall–Kier alpha value is -0.930. The maximum atomic E-state index is 9.70. The number of hydrogen-bond acceptors (Lipinski definition) is 4. The first-order valence-electron chi connectivity index (χ1n) is 7.96. The van der Waals surface area contributed by atoms with Gasteiger partial charge in [0.1, 0.15) is 13.2 Å². The third-order valence-electron chi connectivity index (χ3n) is 3.87. The number of rotatable bonds is 3. The molecular weight excluding hydrogens is 445 g/mol. The van der Waals surface area contributed by atoms with Gasteiger partial charge >= 0.3 is 0 Å². The summed E-state index contributed by atoms with van der Waals surface area (Å²) in [7, 11) is 0. The van der Waals surface area contributed by atoms with Crippen molar-refractivity contribution in [2.45, 2.75) is 26.0 Å². The summed E-state index contributed by atoms with van der Waals surface area (Å²) in [5.41, 5.74) is 0.967. The van der Waals surface area contributed by atoms with Crippen molar-refractivity contribution in [1.29, 1.82) is 0 Å². The molecule has 1 fully saturated rings. The maximum Gasteiger partial charge on any atom is 0.194 e. The van der Waals surface area contributed by atoms with Gasteiger partial charge in [-0.1, -0.05) is 11.6 Å². The monoisotopic (exact) mass is 467 g/mol. The zero-order chi connectivity index (χ0) is 16.2. The fraction of sp³-hybridized carbons (Fsp3) is 0.562. The molecular formula is C16H23ClIN3O3. The molecule has 0 bridgehead atoms. The Morgan fingerprint density at radius 2 is 2.21 bits per heavy atom. The number of aliphatic hydroxyl groups excluding tert-OH is 1. The molecule has 0 aromatic heterocycles. The van der Waals surface area contributed by atoms with E-state index in [2.05, 4.69) is 15.2 Å². The minimum absolute atomic E-state index is 0. The molecule has 3 rings (SSSR count). The second-order valence-electron chi connectivity index (χ2n) is 5.66. The number of fused-ring (bicyclic) bond motifs is 1. The Labute approximate surface area is 164 Å². The Balaban J connectivity index is 0.00000208. The van der Waals surface area contributed by atoms with Crippen molar-refractivity contribution in [3.8, 4) is 11.5 Å². The van der Waals surface area contributed by atoms with E-state index in [9.17, 15) is 5.11 Å². The summed E-state index contributed by atoms with van der Waals surface area (Å²) in [5.74, 6) is 2.10. The van der Waals surface area contributed by atoms with Gasteiger partial charge in [-0.05, 0) is 31.0 Å². The normalized spacial score (nSPS) is 19.9. The van der Waals surface area contributed by atoms with Gasteiger partial charge in [-0.15, -0.1) is 24.0 Å². The molecule has 2 aliphatic heterocycles. The SMILES string of the molecule is CCNC(=NCc1cc(Cl)c2c(c1)OCCO2)N1CC[C@@H](O)C1.I. The molecule has 0 amide bonds. The number of benzene rings is 1. The zero-order valence-electron chi connectivity index (χ0n) is 13.6. The molecule has 24 heavy (non-hydrogen) atoms.